The van der Waals surface area contributed by atoms with E-state index < -0.39 is 29.6 Å². The predicted octanol–water partition coefficient (Wildman–Crippen LogP) is 3.01. The van der Waals surface area contributed by atoms with Crippen LogP contribution in [-0.2, 0) is 16.1 Å². The number of nitrogens with zero attached hydrogens (tertiary/aromatic N) is 1. The van der Waals surface area contributed by atoms with Crippen molar-refractivity contribution in [2.24, 2.45) is 5.92 Å². The lowest BCUT2D eigenvalue weighted by Crippen LogP contribution is -2.33. The molecule has 8 heteroatoms. The summed E-state index contributed by atoms with van der Waals surface area (Å²) in [4.78, 5) is 16.9. The molecule has 150 valence electrons. The first-order chi connectivity index (χ1) is 13.4. The van der Waals surface area contributed by atoms with Crippen molar-refractivity contribution >= 4 is 11.6 Å². The standard InChI is InChI=1S/C20H22F2N2O4/c1-10-11(2)28-19(20(26)24-13-6-12(9-25)7-23-8-13)16(10)14-4-5-15(21)17(22)18(14)27-3/h4-8,10-11,16,19,25H,9H2,1-3H3,(H,24,26)/t10-,11-,16+,19-/m1/s1. The lowest BCUT2D eigenvalue weighted by Gasteiger charge is -2.23. The number of methoxy groups -OCH3 is 1. The van der Waals surface area contributed by atoms with Crippen molar-refractivity contribution in [2.75, 3.05) is 12.4 Å². The van der Waals surface area contributed by atoms with Crippen molar-refractivity contribution in [1.82, 2.24) is 4.98 Å². The van der Waals surface area contributed by atoms with E-state index >= 15 is 0 Å². The van der Waals surface area contributed by atoms with E-state index in [-0.39, 0.29) is 24.4 Å². The summed E-state index contributed by atoms with van der Waals surface area (Å²) in [6.45, 7) is 3.50. The SMILES string of the molecule is COc1c([C@@H]2[C@H](C)[C@@H](C)O[C@H]2C(=O)Nc2cncc(CO)c2)ccc(F)c1F. The lowest BCUT2D eigenvalue weighted by molar-refractivity contribution is -0.127. The molecular formula is C20H22F2N2O4. The van der Waals surface area contributed by atoms with Gasteiger partial charge in [0.25, 0.3) is 5.91 Å². The minimum absolute atomic E-state index is 0.142. The fourth-order valence-corrected chi connectivity index (χ4v) is 3.55. The Morgan fingerprint density at radius 3 is 2.75 bits per heavy atom. The zero-order valence-corrected chi connectivity index (χ0v) is 15.8. The van der Waals surface area contributed by atoms with Gasteiger partial charge in [-0.05, 0) is 30.5 Å². The van der Waals surface area contributed by atoms with Crippen molar-refractivity contribution in [3.8, 4) is 5.75 Å². The Hall–Kier alpha value is -2.58. The second kappa shape index (κ2) is 8.20. The molecule has 1 aliphatic heterocycles. The van der Waals surface area contributed by atoms with Gasteiger partial charge < -0.3 is 19.9 Å². The third kappa shape index (κ3) is 3.70. The number of aliphatic hydroxyl groups excluding tert-OH is 1. The van der Waals surface area contributed by atoms with Crippen LogP contribution in [0.1, 0.15) is 30.9 Å². The zero-order valence-electron chi connectivity index (χ0n) is 15.8. The van der Waals surface area contributed by atoms with Crippen molar-refractivity contribution in [3.05, 3.63) is 53.4 Å². The van der Waals surface area contributed by atoms with Crippen molar-refractivity contribution < 1.29 is 28.2 Å². The fraction of sp³-hybridized carbons (Fsp3) is 0.400. The minimum atomic E-state index is -1.09. The molecule has 6 nitrogen and oxygen atoms in total. The van der Waals surface area contributed by atoms with Crippen LogP contribution in [0, 0.1) is 17.6 Å². The molecule has 1 saturated heterocycles. The van der Waals surface area contributed by atoms with E-state index in [2.05, 4.69) is 10.3 Å². The molecule has 1 amide bonds. The monoisotopic (exact) mass is 392 g/mol. The van der Waals surface area contributed by atoms with Crippen molar-refractivity contribution in [3.63, 3.8) is 0 Å². The summed E-state index contributed by atoms with van der Waals surface area (Å²) >= 11 is 0. The maximum absolute atomic E-state index is 14.2. The number of aliphatic hydroxyl groups is 1. The molecule has 4 atom stereocenters. The number of carbonyl (C=O) groups is 1. The number of benzene rings is 1. The average molecular weight is 392 g/mol. The van der Waals surface area contributed by atoms with Crippen LogP contribution in [0.2, 0.25) is 0 Å². The number of hydrogen-bond acceptors (Lipinski definition) is 5. The van der Waals surface area contributed by atoms with Gasteiger partial charge in [0.1, 0.15) is 6.10 Å². The number of anilines is 1. The van der Waals surface area contributed by atoms with E-state index in [1.807, 2.05) is 13.8 Å². The van der Waals surface area contributed by atoms with Crippen molar-refractivity contribution in [1.29, 1.82) is 0 Å². The van der Waals surface area contributed by atoms with Crippen LogP contribution >= 0.6 is 0 Å². The number of rotatable bonds is 5. The highest BCUT2D eigenvalue weighted by molar-refractivity contribution is 5.95. The van der Waals surface area contributed by atoms with Gasteiger partial charge in [0.05, 0.1) is 31.7 Å². The van der Waals surface area contributed by atoms with Crippen LogP contribution in [0.5, 0.6) is 5.75 Å². The molecular weight excluding hydrogens is 370 g/mol. The molecule has 1 aromatic carbocycles. The Morgan fingerprint density at radius 2 is 2.07 bits per heavy atom. The Morgan fingerprint density at radius 1 is 1.32 bits per heavy atom. The molecule has 0 bridgehead atoms. The summed E-state index contributed by atoms with van der Waals surface area (Å²) in [6, 6.07) is 4.04. The van der Waals surface area contributed by atoms with Gasteiger partial charge in [-0.3, -0.25) is 9.78 Å². The molecule has 1 aromatic heterocycles. The largest absolute Gasteiger partial charge is 0.493 e. The normalized spacial score (nSPS) is 24.2. The van der Waals surface area contributed by atoms with Crippen LogP contribution in [0.4, 0.5) is 14.5 Å². The fourth-order valence-electron chi connectivity index (χ4n) is 3.55. The molecule has 2 N–H and O–H groups in total. The second-order valence-corrected chi connectivity index (χ2v) is 6.86. The molecule has 0 radical (unpaired) electrons. The second-order valence-electron chi connectivity index (χ2n) is 6.86. The van der Waals surface area contributed by atoms with Crippen LogP contribution in [0.15, 0.2) is 30.6 Å². The van der Waals surface area contributed by atoms with Gasteiger partial charge in [-0.2, -0.15) is 4.39 Å². The number of aromatic nitrogens is 1. The summed E-state index contributed by atoms with van der Waals surface area (Å²) in [5.41, 5.74) is 1.33. The smallest absolute Gasteiger partial charge is 0.254 e. The van der Waals surface area contributed by atoms with Gasteiger partial charge in [0.15, 0.2) is 11.6 Å². The third-order valence-corrected chi connectivity index (χ3v) is 5.14. The summed E-state index contributed by atoms with van der Waals surface area (Å²) < 4.78 is 38.8. The van der Waals surface area contributed by atoms with Gasteiger partial charge in [-0.25, -0.2) is 4.39 Å². The number of amides is 1. The predicted molar refractivity (Wildman–Crippen MR) is 97.9 cm³/mol. The molecule has 28 heavy (non-hydrogen) atoms. The first kappa shape index (κ1) is 20.2. The molecule has 0 aliphatic carbocycles. The number of hydrogen-bond donors (Lipinski definition) is 2. The zero-order chi connectivity index (χ0) is 20.4. The maximum Gasteiger partial charge on any atom is 0.254 e. The first-order valence-corrected chi connectivity index (χ1v) is 8.90. The molecule has 0 saturated carbocycles. The Bertz CT molecular complexity index is 877. The van der Waals surface area contributed by atoms with E-state index in [0.717, 1.165) is 6.07 Å². The number of ether oxygens (including phenoxy) is 2. The van der Waals surface area contributed by atoms with Crippen LogP contribution in [0.25, 0.3) is 0 Å². The van der Waals surface area contributed by atoms with E-state index in [1.165, 1.54) is 25.6 Å². The highest BCUT2D eigenvalue weighted by atomic mass is 19.2. The molecule has 0 unspecified atom stereocenters. The number of nitrogens with one attached hydrogen (secondary N) is 1. The molecule has 1 fully saturated rings. The van der Waals surface area contributed by atoms with Crippen LogP contribution < -0.4 is 10.1 Å². The molecule has 2 aromatic rings. The van der Waals surface area contributed by atoms with Crippen LogP contribution in [-0.4, -0.2) is 35.3 Å². The van der Waals surface area contributed by atoms with Gasteiger partial charge in [0.2, 0.25) is 5.82 Å². The topological polar surface area (TPSA) is 80.7 Å². The van der Waals surface area contributed by atoms with E-state index in [1.54, 1.807) is 6.07 Å². The number of halogens is 2. The molecule has 2 heterocycles. The molecule has 0 spiro atoms. The summed E-state index contributed by atoms with van der Waals surface area (Å²) in [5.74, 6) is -3.45. The van der Waals surface area contributed by atoms with E-state index in [0.29, 0.717) is 16.8 Å². The van der Waals surface area contributed by atoms with Gasteiger partial charge in [-0.15, -0.1) is 0 Å². The van der Waals surface area contributed by atoms with E-state index in [4.69, 9.17) is 9.47 Å². The Labute approximate surface area is 161 Å². The van der Waals surface area contributed by atoms with Crippen LogP contribution in [0.3, 0.4) is 0 Å². The average Bonchev–Trinajstić information content (AvgIpc) is 2.99. The van der Waals surface area contributed by atoms with Gasteiger partial charge in [0, 0.05) is 17.7 Å². The highest BCUT2D eigenvalue weighted by Crippen LogP contribution is 2.44. The highest BCUT2D eigenvalue weighted by Gasteiger charge is 2.46. The number of carbonyl (C=O) groups excluding carboxylic acids is 1. The van der Waals surface area contributed by atoms with Crippen molar-refractivity contribution in [2.45, 2.75) is 38.6 Å². The minimum Gasteiger partial charge on any atom is -0.493 e. The summed E-state index contributed by atoms with van der Waals surface area (Å²) in [5, 5.41) is 11.9. The van der Waals surface area contributed by atoms with Gasteiger partial charge in [-0.1, -0.05) is 13.0 Å². The van der Waals surface area contributed by atoms with E-state index in [9.17, 15) is 18.7 Å². The van der Waals surface area contributed by atoms with Gasteiger partial charge >= 0.3 is 0 Å². The first-order valence-electron chi connectivity index (χ1n) is 8.90. The molecule has 1 aliphatic rings. The number of pyridine rings is 1. The summed E-state index contributed by atoms with van der Waals surface area (Å²) in [7, 11) is 1.26. The Kier molecular flexibility index (Phi) is 5.90. The lowest BCUT2D eigenvalue weighted by atomic mass is 9.82. The third-order valence-electron chi connectivity index (χ3n) is 5.14. The summed E-state index contributed by atoms with van der Waals surface area (Å²) in [6.07, 6.45) is 1.73. The Balaban J connectivity index is 1.93. The quantitative estimate of drug-likeness (QED) is 0.818. The maximum atomic E-state index is 14.2. The molecule has 3 rings (SSSR count).